The summed E-state index contributed by atoms with van der Waals surface area (Å²) in [5.74, 6) is 4.01. The third-order valence-electron chi connectivity index (χ3n) is 5.32. The van der Waals surface area contributed by atoms with Gasteiger partial charge in [0.1, 0.15) is 0 Å². The molecule has 1 amide bonds. The lowest BCUT2D eigenvalue weighted by molar-refractivity contribution is -0.140. The van der Waals surface area contributed by atoms with E-state index in [0.29, 0.717) is 18.4 Å². The van der Waals surface area contributed by atoms with Crippen LogP contribution in [0, 0.1) is 23.7 Å². The molecule has 4 fully saturated rings. The van der Waals surface area contributed by atoms with E-state index in [1.54, 1.807) is 0 Å². The Morgan fingerprint density at radius 2 is 1.56 bits per heavy atom. The predicted octanol–water partition coefficient (Wildman–Crippen LogP) is 2.68. The van der Waals surface area contributed by atoms with Crippen molar-refractivity contribution < 1.29 is 4.79 Å². The zero-order valence-electron chi connectivity index (χ0n) is 10.5. The average Bonchev–Trinajstić information content (AvgIpc) is 2.26. The fourth-order valence-corrected chi connectivity index (χ4v) is 4.94. The Morgan fingerprint density at radius 1 is 1.06 bits per heavy atom. The van der Waals surface area contributed by atoms with E-state index in [1.807, 2.05) is 14.0 Å². The van der Waals surface area contributed by atoms with Gasteiger partial charge in [-0.25, -0.2) is 0 Å². The molecule has 0 aromatic heterocycles. The molecule has 16 heavy (non-hydrogen) atoms. The minimum Gasteiger partial charge on any atom is -0.342 e. The Labute approximate surface area is 98.4 Å². The van der Waals surface area contributed by atoms with Crippen molar-refractivity contribution in [1.29, 1.82) is 0 Å². The maximum Gasteiger partial charge on any atom is 0.222 e. The van der Waals surface area contributed by atoms with Crippen LogP contribution in [-0.2, 0) is 4.79 Å². The quantitative estimate of drug-likeness (QED) is 0.702. The molecule has 4 aliphatic rings. The monoisotopic (exact) mass is 221 g/mol. The van der Waals surface area contributed by atoms with Gasteiger partial charge in [-0.1, -0.05) is 6.92 Å². The first-order chi connectivity index (χ1) is 7.69. The van der Waals surface area contributed by atoms with Crippen molar-refractivity contribution in [3.05, 3.63) is 0 Å². The fraction of sp³-hybridized carbons (Fsp3) is 0.929. The molecule has 0 saturated heterocycles. The van der Waals surface area contributed by atoms with Crippen molar-refractivity contribution in [2.75, 3.05) is 7.05 Å². The molecule has 0 aliphatic heterocycles. The van der Waals surface area contributed by atoms with E-state index in [9.17, 15) is 4.79 Å². The molecule has 0 aromatic rings. The Kier molecular flexibility index (Phi) is 2.49. The van der Waals surface area contributed by atoms with Crippen molar-refractivity contribution >= 4 is 5.91 Å². The first-order valence-electron chi connectivity index (χ1n) is 6.94. The lowest BCUT2D eigenvalue weighted by atomic mass is 9.54. The molecule has 0 atom stereocenters. The van der Waals surface area contributed by atoms with Crippen LogP contribution in [0.25, 0.3) is 0 Å². The van der Waals surface area contributed by atoms with E-state index in [-0.39, 0.29) is 0 Å². The van der Waals surface area contributed by atoms with Crippen LogP contribution >= 0.6 is 0 Å². The number of nitrogens with zero attached hydrogens (tertiary/aromatic N) is 1. The van der Waals surface area contributed by atoms with Crippen LogP contribution in [0.2, 0.25) is 0 Å². The van der Waals surface area contributed by atoms with Crippen LogP contribution in [0.15, 0.2) is 0 Å². The lowest BCUT2D eigenvalue weighted by Crippen LogP contribution is -2.56. The number of carbonyl (C=O) groups is 1. The second-order valence-electron chi connectivity index (χ2n) is 6.28. The molecule has 0 radical (unpaired) electrons. The van der Waals surface area contributed by atoms with Crippen LogP contribution < -0.4 is 0 Å². The molecule has 0 aromatic carbocycles. The van der Waals surface area contributed by atoms with E-state index in [0.717, 1.165) is 23.7 Å². The third kappa shape index (κ3) is 1.49. The van der Waals surface area contributed by atoms with Gasteiger partial charge in [-0.2, -0.15) is 0 Å². The second kappa shape index (κ2) is 3.75. The number of carbonyl (C=O) groups excluding carboxylic acids is 1. The van der Waals surface area contributed by atoms with Gasteiger partial charge in [0.15, 0.2) is 0 Å². The maximum absolute atomic E-state index is 11.9. The van der Waals surface area contributed by atoms with Crippen LogP contribution in [-0.4, -0.2) is 23.9 Å². The molecule has 4 rings (SSSR count). The second-order valence-corrected chi connectivity index (χ2v) is 6.28. The van der Waals surface area contributed by atoms with Crippen LogP contribution in [0.1, 0.15) is 45.4 Å². The molecule has 4 bridgehead atoms. The molecule has 0 spiro atoms. The molecule has 0 N–H and O–H groups in total. The molecule has 4 saturated carbocycles. The van der Waals surface area contributed by atoms with E-state index in [4.69, 9.17) is 0 Å². The summed E-state index contributed by atoms with van der Waals surface area (Å²) in [5, 5.41) is 0. The van der Waals surface area contributed by atoms with Gasteiger partial charge in [0.05, 0.1) is 0 Å². The normalized spacial score (nSPS) is 44.8. The summed E-state index contributed by atoms with van der Waals surface area (Å²) in [5.41, 5.74) is 0. The van der Waals surface area contributed by atoms with Crippen LogP contribution in [0.4, 0.5) is 0 Å². The Hall–Kier alpha value is -0.530. The number of rotatable bonds is 2. The SMILES string of the molecule is CCC(=O)N(C)C1C2CC3CC(C2)CC1C3. The highest BCUT2D eigenvalue weighted by Gasteiger charge is 2.50. The summed E-state index contributed by atoms with van der Waals surface area (Å²) in [6.45, 7) is 1.98. The van der Waals surface area contributed by atoms with Gasteiger partial charge in [-0.05, 0) is 55.8 Å². The molecule has 90 valence electrons. The average molecular weight is 221 g/mol. The van der Waals surface area contributed by atoms with E-state index in [1.165, 1.54) is 32.1 Å². The third-order valence-corrected chi connectivity index (χ3v) is 5.32. The smallest absolute Gasteiger partial charge is 0.222 e. The maximum atomic E-state index is 11.9. The molecule has 2 heteroatoms. The van der Waals surface area contributed by atoms with E-state index in [2.05, 4.69) is 4.90 Å². The molecule has 2 nitrogen and oxygen atoms in total. The van der Waals surface area contributed by atoms with Gasteiger partial charge in [0.25, 0.3) is 0 Å². The van der Waals surface area contributed by atoms with E-state index >= 15 is 0 Å². The highest BCUT2D eigenvalue weighted by molar-refractivity contribution is 5.76. The summed E-state index contributed by atoms with van der Waals surface area (Å²) < 4.78 is 0. The number of amides is 1. The topological polar surface area (TPSA) is 20.3 Å². The first-order valence-corrected chi connectivity index (χ1v) is 6.94. The van der Waals surface area contributed by atoms with Gasteiger partial charge in [0.2, 0.25) is 5.91 Å². The lowest BCUT2D eigenvalue weighted by Gasteiger charge is -2.56. The molecular formula is C14H23NO. The summed E-state index contributed by atoms with van der Waals surface area (Å²) in [4.78, 5) is 14.0. The minimum atomic E-state index is 0.345. The van der Waals surface area contributed by atoms with Gasteiger partial charge >= 0.3 is 0 Å². The van der Waals surface area contributed by atoms with Crippen LogP contribution in [0.3, 0.4) is 0 Å². The Morgan fingerprint density at radius 3 is 2.00 bits per heavy atom. The Balaban J connectivity index is 1.78. The largest absolute Gasteiger partial charge is 0.342 e. The molecule has 4 aliphatic carbocycles. The van der Waals surface area contributed by atoms with Crippen molar-refractivity contribution in [3.8, 4) is 0 Å². The zero-order valence-corrected chi connectivity index (χ0v) is 10.5. The summed E-state index contributed by atoms with van der Waals surface area (Å²) in [7, 11) is 2.04. The van der Waals surface area contributed by atoms with Gasteiger partial charge in [-0.3, -0.25) is 4.79 Å². The highest BCUT2D eigenvalue weighted by atomic mass is 16.2. The van der Waals surface area contributed by atoms with Crippen molar-refractivity contribution in [3.63, 3.8) is 0 Å². The minimum absolute atomic E-state index is 0.345. The predicted molar refractivity (Wildman–Crippen MR) is 63.9 cm³/mol. The standard InChI is InChI=1S/C14H23NO/c1-3-13(16)15(2)14-11-5-9-4-10(7-11)8-12(14)6-9/h9-12,14H,3-8H2,1-2H3. The van der Waals surface area contributed by atoms with Crippen molar-refractivity contribution in [2.45, 2.75) is 51.5 Å². The Bertz CT molecular complexity index is 271. The fourth-order valence-electron chi connectivity index (χ4n) is 4.94. The number of hydrogen-bond acceptors (Lipinski definition) is 1. The molecular weight excluding hydrogens is 198 g/mol. The van der Waals surface area contributed by atoms with E-state index < -0.39 is 0 Å². The van der Waals surface area contributed by atoms with Crippen molar-refractivity contribution in [1.82, 2.24) is 4.90 Å². The highest BCUT2D eigenvalue weighted by Crippen LogP contribution is 2.54. The molecule has 0 heterocycles. The summed E-state index contributed by atoms with van der Waals surface area (Å²) >= 11 is 0. The molecule has 0 unspecified atom stereocenters. The van der Waals surface area contributed by atoms with Crippen molar-refractivity contribution in [2.24, 2.45) is 23.7 Å². The van der Waals surface area contributed by atoms with Gasteiger partial charge < -0.3 is 4.90 Å². The van der Waals surface area contributed by atoms with Gasteiger partial charge in [-0.15, -0.1) is 0 Å². The first kappa shape index (κ1) is 10.6. The zero-order chi connectivity index (χ0) is 11.3. The summed E-state index contributed by atoms with van der Waals surface area (Å²) in [6, 6.07) is 0.584. The van der Waals surface area contributed by atoms with Crippen LogP contribution in [0.5, 0.6) is 0 Å². The number of hydrogen-bond donors (Lipinski definition) is 0. The van der Waals surface area contributed by atoms with Gasteiger partial charge in [0, 0.05) is 19.5 Å². The summed E-state index contributed by atoms with van der Waals surface area (Å²) in [6.07, 6.45) is 7.76.